The van der Waals surface area contributed by atoms with Crippen LogP contribution >= 0.6 is 23.2 Å². The number of hydrogen-bond donors (Lipinski definition) is 2. The number of pyridine rings is 2. The number of nitrogens with zero attached hydrogens (tertiary/aromatic N) is 4. The highest BCUT2D eigenvalue weighted by Crippen LogP contribution is 2.36. The Balaban J connectivity index is 1.46. The van der Waals surface area contributed by atoms with Crippen LogP contribution in [0.1, 0.15) is 23.2 Å². The van der Waals surface area contributed by atoms with E-state index in [2.05, 4.69) is 20.1 Å². The predicted molar refractivity (Wildman–Crippen MR) is 146 cm³/mol. The first-order chi connectivity index (χ1) is 18.4. The Labute approximate surface area is 226 Å². The number of aromatic carboxylic acids is 1. The summed E-state index contributed by atoms with van der Waals surface area (Å²) in [6.45, 7) is 1.10. The van der Waals surface area contributed by atoms with E-state index in [0.29, 0.717) is 33.7 Å². The van der Waals surface area contributed by atoms with Gasteiger partial charge in [-0.15, -0.1) is 0 Å². The van der Waals surface area contributed by atoms with Crippen LogP contribution in [-0.2, 0) is 0 Å². The summed E-state index contributed by atoms with van der Waals surface area (Å²) in [6.07, 6.45) is 6.48. The molecule has 5 aromatic rings. The molecule has 2 aromatic carbocycles. The second-order valence-electron chi connectivity index (χ2n) is 9.10. The van der Waals surface area contributed by atoms with Gasteiger partial charge in [-0.3, -0.25) is 9.89 Å². The van der Waals surface area contributed by atoms with Crippen molar-refractivity contribution in [2.75, 3.05) is 18.1 Å². The van der Waals surface area contributed by atoms with Gasteiger partial charge in [0.1, 0.15) is 17.2 Å². The van der Waals surface area contributed by atoms with Crippen molar-refractivity contribution >= 4 is 56.7 Å². The van der Waals surface area contributed by atoms with E-state index in [4.69, 9.17) is 27.9 Å². The van der Waals surface area contributed by atoms with Gasteiger partial charge in [-0.25, -0.2) is 9.78 Å². The zero-order valence-electron chi connectivity index (χ0n) is 19.9. The van der Waals surface area contributed by atoms with Crippen molar-refractivity contribution < 1.29 is 14.6 Å². The molecular formula is C27H21Cl2N5O4. The molecule has 4 heterocycles. The van der Waals surface area contributed by atoms with Gasteiger partial charge in [0.15, 0.2) is 0 Å². The molecule has 1 aliphatic heterocycles. The van der Waals surface area contributed by atoms with Gasteiger partial charge < -0.3 is 19.3 Å². The normalized spacial score (nSPS) is 15.4. The number of aromatic amines is 1. The summed E-state index contributed by atoms with van der Waals surface area (Å²) in [5.74, 6) is -0.935. The van der Waals surface area contributed by atoms with E-state index in [1.165, 1.54) is 6.20 Å². The van der Waals surface area contributed by atoms with E-state index >= 15 is 0 Å². The molecule has 38 heavy (non-hydrogen) atoms. The van der Waals surface area contributed by atoms with Crippen molar-refractivity contribution in [2.45, 2.75) is 18.9 Å². The molecular weight excluding hydrogens is 529 g/mol. The first-order valence-electron chi connectivity index (χ1n) is 12.0. The molecule has 1 saturated heterocycles. The number of carbonyl (C=O) groups is 1. The molecule has 0 aliphatic carbocycles. The van der Waals surface area contributed by atoms with E-state index in [-0.39, 0.29) is 17.0 Å². The second kappa shape index (κ2) is 9.66. The second-order valence-corrected chi connectivity index (χ2v) is 9.91. The molecule has 1 fully saturated rings. The molecule has 1 aliphatic rings. The monoisotopic (exact) mass is 549 g/mol. The molecule has 0 unspecified atom stereocenters. The Morgan fingerprint density at radius 2 is 2.05 bits per heavy atom. The summed E-state index contributed by atoms with van der Waals surface area (Å²) in [6, 6.07) is 12.4. The molecule has 9 nitrogen and oxygen atoms in total. The highest BCUT2D eigenvalue weighted by atomic mass is 35.5. The van der Waals surface area contributed by atoms with Crippen LogP contribution in [0.2, 0.25) is 10.0 Å². The first-order valence-corrected chi connectivity index (χ1v) is 12.7. The third kappa shape index (κ3) is 4.23. The van der Waals surface area contributed by atoms with Gasteiger partial charge in [0.2, 0.25) is 11.3 Å². The summed E-state index contributed by atoms with van der Waals surface area (Å²) in [5, 5.41) is 18.6. The average molecular weight is 550 g/mol. The number of anilines is 1. The number of H-pyrrole nitrogens is 1. The van der Waals surface area contributed by atoms with Crippen molar-refractivity contribution in [3.8, 4) is 11.6 Å². The molecule has 6 rings (SSSR count). The van der Waals surface area contributed by atoms with Gasteiger partial charge in [-0.05, 0) is 55.3 Å². The van der Waals surface area contributed by atoms with Crippen LogP contribution in [0.15, 0.2) is 65.8 Å². The maximum absolute atomic E-state index is 13.1. The summed E-state index contributed by atoms with van der Waals surface area (Å²) in [4.78, 5) is 31.4. The van der Waals surface area contributed by atoms with Crippen LogP contribution < -0.4 is 15.1 Å². The van der Waals surface area contributed by atoms with Crippen molar-refractivity contribution in [3.05, 3.63) is 86.9 Å². The molecule has 0 bridgehead atoms. The summed E-state index contributed by atoms with van der Waals surface area (Å²) < 4.78 is 7.64. The quantitative estimate of drug-likeness (QED) is 0.295. The van der Waals surface area contributed by atoms with Gasteiger partial charge in [0.25, 0.3) is 0 Å². The minimum atomic E-state index is -1.31. The van der Waals surface area contributed by atoms with Gasteiger partial charge in [-0.1, -0.05) is 23.2 Å². The first kappa shape index (κ1) is 24.3. The highest BCUT2D eigenvalue weighted by molar-refractivity contribution is 6.34. The Kier molecular flexibility index (Phi) is 6.17. The smallest absolute Gasteiger partial charge is 0.341 e. The molecule has 1 atom stereocenters. The summed E-state index contributed by atoms with van der Waals surface area (Å²) in [7, 11) is 0. The molecule has 3 aromatic heterocycles. The van der Waals surface area contributed by atoms with Crippen molar-refractivity contribution in [1.82, 2.24) is 19.7 Å². The minimum Gasteiger partial charge on any atom is -0.477 e. The lowest BCUT2D eigenvalue weighted by molar-refractivity contribution is 0.0695. The van der Waals surface area contributed by atoms with Crippen LogP contribution in [0.25, 0.3) is 27.5 Å². The number of fused-ring (bicyclic) bond motifs is 2. The van der Waals surface area contributed by atoms with Gasteiger partial charge in [0, 0.05) is 35.4 Å². The van der Waals surface area contributed by atoms with E-state index in [9.17, 15) is 14.7 Å². The van der Waals surface area contributed by atoms with Crippen LogP contribution in [0.4, 0.5) is 5.69 Å². The number of hydrogen-bond acceptors (Lipinski definition) is 6. The lowest BCUT2D eigenvalue weighted by Crippen LogP contribution is -2.34. The number of rotatable bonds is 6. The van der Waals surface area contributed by atoms with Crippen molar-refractivity contribution in [1.29, 1.82) is 0 Å². The highest BCUT2D eigenvalue weighted by Gasteiger charge is 2.28. The summed E-state index contributed by atoms with van der Waals surface area (Å²) in [5.41, 5.74) is 1.88. The summed E-state index contributed by atoms with van der Waals surface area (Å²) >= 11 is 12.9. The van der Waals surface area contributed by atoms with Crippen LogP contribution in [-0.4, -0.2) is 50.0 Å². The molecule has 0 saturated carbocycles. The number of aromatic nitrogens is 4. The van der Waals surface area contributed by atoms with Gasteiger partial charge in [-0.2, -0.15) is 5.10 Å². The fraction of sp³-hybridized carbons (Fsp3) is 0.185. The van der Waals surface area contributed by atoms with E-state index < -0.39 is 11.4 Å². The van der Waals surface area contributed by atoms with E-state index in [0.717, 1.165) is 36.0 Å². The standard InChI is InChI=1S/C27H21Cl2N5O4/c28-20-4-1-7-30-26(20)38-14-17-3-2-8-33(17)24-11-23-18(10-21(24)29)25(35)19(27(36)37)13-34(23)16-5-6-22-15(9-16)12-31-32-22/h1,4-7,9-13,17H,2-3,8,14H2,(H,31,32)(H,36,37)/t17-/m1/s1. The third-order valence-corrected chi connectivity index (χ3v) is 7.42. The Morgan fingerprint density at radius 3 is 2.87 bits per heavy atom. The Morgan fingerprint density at radius 1 is 1.18 bits per heavy atom. The number of carboxylic acid groups (broad SMARTS) is 1. The van der Waals surface area contributed by atoms with Crippen molar-refractivity contribution in [3.63, 3.8) is 0 Å². The van der Waals surface area contributed by atoms with Crippen LogP contribution in [0.3, 0.4) is 0 Å². The SMILES string of the molecule is O=C(O)c1cn(-c2ccc3[nH]ncc3c2)c2cc(N3CCC[C@@H]3COc3ncccc3Cl)c(Cl)cc2c1=O. The number of nitrogens with one attached hydrogen (secondary N) is 1. The fourth-order valence-electron chi connectivity index (χ4n) is 4.98. The molecule has 0 radical (unpaired) electrons. The molecule has 0 spiro atoms. The number of ether oxygens (including phenoxy) is 1. The Hall–Kier alpha value is -4.08. The number of benzene rings is 2. The zero-order valence-corrected chi connectivity index (χ0v) is 21.4. The lowest BCUT2D eigenvalue weighted by Gasteiger charge is -2.28. The maximum Gasteiger partial charge on any atom is 0.341 e. The number of carboxylic acids is 1. The minimum absolute atomic E-state index is 0.00349. The van der Waals surface area contributed by atoms with Gasteiger partial charge in [0.05, 0.1) is 34.0 Å². The van der Waals surface area contributed by atoms with Crippen molar-refractivity contribution in [2.24, 2.45) is 0 Å². The molecule has 2 N–H and O–H groups in total. The topological polar surface area (TPSA) is 113 Å². The van der Waals surface area contributed by atoms with E-state index in [1.54, 1.807) is 35.2 Å². The van der Waals surface area contributed by atoms with Gasteiger partial charge >= 0.3 is 5.97 Å². The zero-order chi connectivity index (χ0) is 26.4. The molecule has 11 heteroatoms. The molecule has 0 amide bonds. The van der Waals surface area contributed by atoms with Crippen LogP contribution in [0.5, 0.6) is 5.88 Å². The molecule has 192 valence electrons. The fourth-order valence-corrected chi connectivity index (χ4v) is 5.43. The third-order valence-electron chi connectivity index (χ3n) is 6.83. The predicted octanol–water partition coefficient (Wildman–Crippen LogP) is 5.31. The Bertz CT molecular complexity index is 1770. The average Bonchev–Trinajstić information content (AvgIpc) is 3.57. The number of halogens is 2. The van der Waals surface area contributed by atoms with Crippen LogP contribution in [0, 0.1) is 0 Å². The lowest BCUT2D eigenvalue weighted by atomic mass is 10.1. The largest absolute Gasteiger partial charge is 0.477 e. The van der Waals surface area contributed by atoms with E-state index in [1.807, 2.05) is 24.3 Å². The maximum atomic E-state index is 13.1.